The molecule has 1 aromatic heterocycles. The number of hydrogen-bond donors (Lipinski definition) is 4. The molecule has 0 saturated heterocycles. The summed E-state index contributed by atoms with van der Waals surface area (Å²) in [5.74, 6) is 0.226. The first-order valence-corrected chi connectivity index (χ1v) is 5.57. The van der Waals surface area contributed by atoms with Gasteiger partial charge in [0.2, 0.25) is 0 Å². The van der Waals surface area contributed by atoms with Crippen molar-refractivity contribution in [2.45, 2.75) is 0 Å². The molecule has 7 heteroatoms. The first-order valence-electron chi connectivity index (χ1n) is 5.57. The summed E-state index contributed by atoms with van der Waals surface area (Å²) in [6, 6.07) is 8.63. The van der Waals surface area contributed by atoms with Gasteiger partial charge in [0.1, 0.15) is 11.7 Å². The normalized spacial score (nSPS) is 9.95. The van der Waals surface area contributed by atoms with Crippen LogP contribution in [0.4, 0.5) is 16.3 Å². The number of hydrogen-bond acceptors (Lipinski definition) is 3. The number of nitrogens with two attached hydrogens (primary N) is 1. The number of anilines is 2. The quantitative estimate of drug-likeness (QED) is 0.492. The summed E-state index contributed by atoms with van der Waals surface area (Å²) in [6.45, 7) is 0. The van der Waals surface area contributed by atoms with Crippen molar-refractivity contribution in [1.29, 1.82) is 5.41 Å². The van der Waals surface area contributed by atoms with Crippen LogP contribution in [0.5, 0.6) is 0 Å². The van der Waals surface area contributed by atoms with E-state index in [9.17, 15) is 4.79 Å². The molecule has 7 nitrogen and oxygen atoms in total. The minimum absolute atomic E-state index is 0.150. The molecular formula is C12H14N6O. The summed E-state index contributed by atoms with van der Waals surface area (Å²) in [4.78, 5) is 11.8. The molecule has 0 bridgehead atoms. The van der Waals surface area contributed by atoms with Crippen molar-refractivity contribution in [1.82, 2.24) is 9.78 Å². The Hall–Kier alpha value is -2.83. The molecule has 0 saturated carbocycles. The summed E-state index contributed by atoms with van der Waals surface area (Å²) >= 11 is 0. The highest BCUT2D eigenvalue weighted by Gasteiger charge is 2.13. The van der Waals surface area contributed by atoms with Crippen LogP contribution in [-0.4, -0.2) is 21.6 Å². The van der Waals surface area contributed by atoms with Gasteiger partial charge >= 0.3 is 6.03 Å². The van der Waals surface area contributed by atoms with E-state index in [-0.39, 0.29) is 5.84 Å². The molecule has 2 rings (SSSR count). The number of amides is 2. The number of nitrogens with zero attached hydrogens (tertiary/aromatic N) is 2. The predicted molar refractivity (Wildman–Crippen MR) is 73.3 cm³/mol. The van der Waals surface area contributed by atoms with Crippen LogP contribution in [0, 0.1) is 5.41 Å². The lowest BCUT2D eigenvalue weighted by Gasteiger charge is -2.09. The van der Waals surface area contributed by atoms with E-state index in [1.165, 1.54) is 10.9 Å². The fraction of sp³-hybridized carbons (Fsp3) is 0.0833. The van der Waals surface area contributed by atoms with Crippen molar-refractivity contribution in [2.24, 2.45) is 12.8 Å². The average Bonchev–Trinajstić information content (AvgIpc) is 2.72. The van der Waals surface area contributed by atoms with Crippen LogP contribution in [0.3, 0.4) is 0 Å². The van der Waals surface area contributed by atoms with Gasteiger partial charge in [0, 0.05) is 12.7 Å². The number of carbonyl (C=O) groups excluding carboxylic acids is 1. The number of rotatable bonds is 3. The maximum atomic E-state index is 11.8. The Morgan fingerprint density at radius 1 is 1.32 bits per heavy atom. The lowest BCUT2D eigenvalue weighted by Crippen LogP contribution is -2.23. The van der Waals surface area contributed by atoms with Gasteiger partial charge in [-0.3, -0.25) is 15.4 Å². The van der Waals surface area contributed by atoms with Gasteiger partial charge in [0.25, 0.3) is 0 Å². The fourth-order valence-electron chi connectivity index (χ4n) is 1.57. The average molecular weight is 258 g/mol. The number of amidine groups is 1. The lowest BCUT2D eigenvalue weighted by atomic mass is 10.3. The lowest BCUT2D eigenvalue weighted by molar-refractivity contribution is 0.262. The molecule has 2 amide bonds. The third-order valence-corrected chi connectivity index (χ3v) is 2.49. The van der Waals surface area contributed by atoms with Gasteiger partial charge in [-0.2, -0.15) is 5.10 Å². The van der Waals surface area contributed by atoms with Crippen molar-refractivity contribution < 1.29 is 4.79 Å². The van der Waals surface area contributed by atoms with Crippen LogP contribution in [0.25, 0.3) is 0 Å². The van der Waals surface area contributed by atoms with Crippen LogP contribution in [0.15, 0.2) is 36.5 Å². The van der Waals surface area contributed by atoms with Crippen molar-refractivity contribution in [2.75, 3.05) is 10.6 Å². The maximum absolute atomic E-state index is 11.8. The molecule has 0 radical (unpaired) electrons. The first kappa shape index (κ1) is 12.6. The highest BCUT2D eigenvalue weighted by atomic mass is 16.2. The third kappa shape index (κ3) is 2.89. The Labute approximate surface area is 109 Å². The standard InChI is InChI=1S/C12H14N6O/c1-18-11(9(7-15-18)10(13)14)17-12(19)16-8-5-3-2-4-6-8/h2-7H,1H3,(H3,13,14)(H2,16,17,19). The van der Waals surface area contributed by atoms with Gasteiger partial charge in [-0.25, -0.2) is 4.79 Å². The summed E-state index contributed by atoms with van der Waals surface area (Å²) < 4.78 is 1.45. The third-order valence-electron chi connectivity index (χ3n) is 2.49. The number of aromatic nitrogens is 2. The highest BCUT2D eigenvalue weighted by Crippen LogP contribution is 2.14. The van der Waals surface area contributed by atoms with E-state index in [0.29, 0.717) is 17.1 Å². The molecule has 19 heavy (non-hydrogen) atoms. The summed E-state index contributed by atoms with van der Waals surface area (Å²) in [5.41, 5.74) is 6.47. The van der Waals surface area contributed by atoms with E-state index in [2.05, 4.69) is 15.7 Å². The molecule has 0 spiro atoms. The second kappa shape index (κ2) is 5.21. The zero-order chi connectivity index (χ0) is 13.8. The van der Waals surface area contributed by atoms with Gasteiger partial charge < -0.3 is 11.1 Å². The molecule has 0 aliphatic carbocycles. The molecule has 2 aromatic rings. The number of carbonyl (C=O) groups is 1. The van der Waals surface area contributed by atoms with Crippen LogP contribution < -0.4 is 16.4 Å². The second-order valence-corrected chi connectivity index (χ2v) is 3.89. The van der Waals surface area contributed by atoms with E-state index in [1.807, 2.05) is 18.2 Å². The summed E-state index contributed by atoms with van der Waals surface area (Å²) in [5, 5.41) is 16.6. The molecule has 0 fully saturated rings. The maximum Gasteiger partial charge on any atom is 0.324 e. The Balaban J connectivity index is 2.11. The topological polar surface area (TPSA) is 109 Å². The highest BCUT2D eigenvalue weighted by molar-refractivity contribution is 6.05. The summed E-state index contributed by atoms with van der Waals surface area (Å²) in [6.07, 6.45) is 1.43. The van der Waals surface area contributed by atoms with E-state index < -0.39 is 6.03 Å². The number of nitrogens with one attached hydrogen (secondary N) is 3. The Bertz CT molecular complexity index is 604. The Kier molecular flexibility index (Phi) is 3.46. The van der Waals surface area contributed by atoms with Gasteiger partial charge in [-0.15, -0.1) is 0 Å². The molecule has 1 aromatic carbocycles. The zero-order valence-electron chi connectivity index (χ0n) is 10.3. The van der Waals surface area contributed by atoms with Gasteiger partial charge in [-0.1, -0.05) is 18.2 Å². The molecule has 0 aliphatic rings. The predicted octanol–water partition coefficient (Wildman–Crippen LogP) is 1.35. The van der Waals surface area contributed by atoms with Crippen LogP contribution in [0.2, 0.25) is 0 Å². The van der Waals surface area contributed by atoms with Gasteiger partial charge in [-0.05, 0) is 12.1 Å². The van der Waals surface area contributed by atoms with Crippen molar-refractivity contribution in [3.05, 3.63) is 42.1 Å². The molecular weight excluding hydrogens is 244 g/mol. The second-order valence-electron chi connectivity index (χ2n) is 3.89. The van der Waals surface area contributed by atoms with Crippen molar-refractivity contribution in [3.8, 4) is 0 Å². The number of para-hydroxylation sites is 1. The monoisotopic (exact) mass is 258 g/mol. The van der Waals surface area contributed by atoms with Crippen molar-refractivity contribution >= 4 is 23.4 Å². The molecule has 0 atom stereocenters. The fourth-order valence-corrected chi connectivity index (χ4v) is 1.57. The summed E-state index contributed by atoms with van der Waals surface area (Å²) in [7, 11) is 1.66. The van der Waals surface area contributed by atoms with E-state index >= 15 is 0 Å². The van der Waals surface area contributed by atoms with Gasteiger partial charge in [0.15, 0.2) is 0 Å². The van der Waals surface area contributed by atoms with Crippen LogP contribution in [0.1, 0.15) is 5.56 Å². The SMILES string of the molecule is Cn1ncc(C(=N)N)c1NC(=O)Nc1ccccc1. The molecule has 1 heterocycles. The minimum Gasteiger partial charge on any atom is -0.384 e. The molecule has 0 unspecified atom stereocenters. The smallest absolute Gasteiger partial charge is 0.324 e. The van der Waals surface area contributed by atoms with Gasteiger partial charge in [0.05, 0.1) is 11.8 Å². The van der Waals surface area contributed by atoms with Crippen LogP contribution in [-0.2, 0) is 7.05 Å². The minimum atomic E-state index is -0.419. The molecule has 0 aliphatic heterocycles. The molecule has 98 valence electrons. The van der Waals surface area contributed by atoms with E-state index in [4.69, 9.17) is 11.1 Å². The van der Waals surface area contributed by atoms with E-state index in [0.717, 1.165) is 0 Å². The van der Waals surface area contributed by atoms with Crippen molar-refractivity contribution in [3.63, 3.8) is 0 Å². The molecule has 5 N–H and O–H groups in total. The Morgan fingerprint density at radius 2 is 2.00 bits per heavy atom. The number of aryl methyl sites for hydroxylation is 1. The number of benzene rings is 1. The van der Waals surface area contributed by atoms with E-state index in [1.54, 1.807) is 19.2 Å². The Morgan fingerprint density at radius 3 is 2.63 bits per heavy atom. The number of nitrogen functional groups attached to an aromatic ring is 1. The number of urea groups is 1. The zero-order valence-corrected chi connectivity index (χ0v) is 10.3. The largest absolute Gasteiger partial charge is 0.384 e. The van der Waals surface area contributed by atoms with Crippen LogP contribution >= 0.6 is 0 Å². The first-order chi connectivity index (χ1) is 9.08.